The smallest absolute Gasteiger partial charge is 0.180 e. The molecule has 0 bridgehead atoms. The number of aromatic amines is 1. The van der Waals surface area contributed by atoms with Gasteiger partial charge in [-0.2, -0.15) is 0 Å². The highest BCUT2D eigenvalue weighted by molar-refractivity contribution is 5.78. The molecule has 0 aromatic carbocycles. The van der Waals surface area contributed by atoms with Crippen LogP contribution in [0.4, 0.5) is 5.82 Å². The monoisotopic (exact) mass is 267 g/mol. The first-order valence-corrected chi connectivity index (χ1v) is 6.53. The first kappa shape index (κ1) is 12.6. The minimum Gasteiger partial charge on any atom is -0.363 e. The molecular formula is C15H17N5. The van der Waals surface area contributed by atoms with E-state index in [0.29, 0.717) is 0 Å². The van der Waals surface area contributed by atoms with E-state index in [1.807, 2.05) is 57.1 Å². The third kappa shape index (κ3) is 2.11. The summed E-state index contributed by atoms with van der Waals surface area (Å²) in [5.74, 6) is 1.71. The average molecular weight is 267 g/mol. The first-order chi connectivity index (χ1) is 9.54. The molecule has 3 aromatic heterocycles. The van der Waals surface area contributed by atoms with Crippen molar-refractivity contribution in [2.45, 2.75) is 13.8 Å². The van der Waals surface area contributed by atoms with Crippen molar-refractivity contribution in [1.29, 1.82) is 0 Å². The number of H-pyrrole nitrogens is 1. The topological polar surface area (TPSA) is 57.7 Å². The maximum atomic E-state index is 4.58. The quantitative estimate of drug-likeness (QED) is 0.775. The fraction of sp³-hybridized carbons (Fsp3) is 0.267. The van der Waals surface area contributed by atoms with Crippen LogP contribution in [0.3, 0.4) is 0 Å². The Morgan fingerprint density at radius 2 is 1.75 bits per heavy atom. The van der Waals surface area contributed by atoms with Crippen molar-refractivity contribution < 1.29 is 0 Å². The summed E-state index contributed by atoms with van der Waals surface area (Å²) in [5, 5.41) is 0. The van der Waals surface area contributed by atoms with Crippen LogP contribution in [-0.2, 0) is 0 Å². The van der Waals surface area contributed by atoms with Gasteiger partial charge in [0, 0.05) is 31.0 Å². The minimum atomic E-state index is 0.728. The Morgan fingerprint density at radius 3 is 2.45 bits per heavy atom. The minimum absolute atomic E-state index is 0.728. The van der Waals surface area contributed by atoms with Gasteiger partial charge in [0.2, 0.25) is 0 Å². The molecule has 0 fully saturated rings. The lowest BCUT2D eigenvalue weighted by atomic mass is 10.2. The van der Waals surface area contributed by atoms with Gasteiger partial charge in [-0.25, -0.2) is 9.97 Å². The van der Waals surface area contributed by atoms with Crippen LogP contribution in [0, 0.1) is 13.8 Å². The molecule has 20 heavy (non-hydrogen) atoms. The number of nitrogens with one attached hydrogen (secondary N) is 1. The molecule has 3 rings (SSSR count). The molecule has 1 N–H and O–H groups in total. The van der Waals surface area contributed by atoms with Crippen molar-refractivity contribution in [3.05, 3.63) is 35.7 Å². The lowest BCUT2D eigenvalue weighted by Crippen LogP contribution is -2.10. The highest BCUT2D eigenvalue weighted by Gasteiger charge is 2.10. The maximum Gasteiger partial charge on any atom is 0.180 e. The Kier molecular flexibility index (Phi) is 2.89. The molecule has 0 spiro atoms. The van der Waals surface area contributed by atoms with Crippen molar-refractivity contribution >= 4 is 17.0 Å². The molecule has 102 valence electrons. The number of hydrogen-bond acceptors (Lipinski definition) is 4. The van der Waals surface area contributed by atoms with E-state index < -0.39 is 0 Å². The molecule has 0 aliphatic carbocycles. The summed E-state index contributed by atoms with van der Waals surface area (Å²) in [6.45, 7) is 3.98. The van der Waals surface area contributed by atoms with Crippen molar-refractivity contribution in [2.75, 3.05) is 19.0 Å². The van der Waals surface area contributed by atoms with Gasteiger partial charge in [0.05, 0.1) is 5.52 Å². The standard InChI is InChI=1S/C15H17N5/c1-9-5-6-11(10(2)16-9)14-17-12-7-8-13(20(3)4)18-15(12)19-14/h5-8H,1-4H3,(H,17,18,19). The molecule has 0 amide bonds. The largest absolute Gasteiger partial charge is 0.363 e. The van der Waals surface area contributed by atoms with Crippen LogP contribution in [0.5, 0.6) is 0 Å². The van der Waals surface area contributed by atoms with E-state index in [2.05, 4.69) is 19.9 Å². The second-order valence-electron chi connectivity index (χ2n) is 5.11. The fourth-order valence-electron chi connectivity index (χ4n) is 2.20. The third-order valence-electron chi connectivity index (χ3n) is 3.27. The van der Waals surface area contributed by atoms with E-state index in [9.17, 15) is 0 Å². The molecule has 0 atom stereocenters. The number of aryl methyl sites for hydroxylation is 2. The lowest BCUT2D eigenvalue weighted by molar-refractivity contribution is 1.08. The fourth-order valence-corrected chi connectivity index (χ4v) is 2.20. The second-order valence-corrected chi connectivity index (χ2v) is 5.11. The first-order valence-electron chi connectivity index (χ1n) is 6.53. The number of fused-ring (bicyclic) bond motifs is 1. The Morgan fingerprint density at radius 1 is 0.950 bits per heavy atom. The molecule has 0 saturated heterocycles. The summed E-state index contributed by atoms with van der Waals surface area (Å²) in [5.41, 5.74) is 4.66. The van der Waals surface area contributed by atoms with Gasteiger partial charge in [-0.3, -0.25) is 4.98 Å². The number of nitrogens with zero attached hydrogens (tertiary/aromatic N) is 4. The zero-order chi connectivity index (χ0) is 14.3. The van der Waals surface area contributed by atoms with Crippen molar-refractivity contribution in [3.63, 3.8) is 0 Å². The zero-order valence-corrected chi connectivity index (χ0v) is 12.1. The zero-order valence-electron chi connectivity index (χ0n) is 12.1. The number of imidazole rings is 1. The molecule has 0 unspecified atom stereocenters. The van der Waals surface area contributed by atoms with E-state index in [1.54, 1.807) is 0 Å². The van der Waals surface area contributed by atoms with Crippen LogP contribution in [0.1, 0.15) is 11.4 Å². The Balaban J connectivity index is 2.13. The Bertz CT molecular complexity index is 773. The van der Waals surface area contributed by atoms with Gasteiger partial charge in [0.25, 0.3) is 0 Å². The summed E-state index contributed by atoms with van der Waals surface area (Å²) in [7, 11) is 3.94. The van der Waals surface area contributed by atoms with E-state index >= 15 is 0 Å². The number of rotatable bonds is 2. The highest BCUT2D eigenvalue weighted by Crippen LogP contribution is 2.23. The number of pyridine rings is 2. The molecule has 0 aliphatic heterocycles. The third-order valence-corrected chi connectivity index (χ3v) is 3.27. The van der Waals surface area contributed by atoms with Gasteiger partial charge in [0.1, 0.15) is 11.6 Å². The van der Waals surface area contributed by atoms with E-state index in [4.69, 9.17) is 0 Å². The van der Waals surface area contributed by atoms with Gasteiger partial charge in [-0.05, 0) is 38.1 Å². The maximum absolute atomic E-state index is 4.58. The number of anilines is 1. The van der Waals surface area contributed by atoms with Gasteiger partial charge in [-0.1, -0.05) is 0 Å². The van der Waals surface area contributed by atoms with Gasteiger partial charge in [0.15, 0.2) is 5.65 Å². The molecule has 3 heterocycles. The summed E-state index contributed by atoms with van der Waals surface area (Å²) in [6.07, 6.45) is 0. The van der Waals surface area contributed by atoms with Gasteiger partial charge < -0.3 is 9.88 Å². The van der Waals surface area contributed by atoms with Gasteiger partial charge in [-0.15, -0.1) is 0 Å². The van der Waals surface area contributed by atoms with Crippen molar-refractivity contribution in [2.24, 2.45) is 0 Å². The summed E-state index contributed by atoms with van der Waals surface area (Å²) in [4.78, 5) is 18.9. The van der Waals surface area contributed by atoms with Gasteiger partial charge >= 0.3 is 0 Å². The number of aromatic nitrogens is 4. The Hall–Kier alpha value is -2.43. The highest BCUT2D eigenvalue weighted by atomic mass is 15.1. The summed E-state index contributed by atoms with van der Waals surface area (Å²) >= 11 is 0. The summed E-state index contributed by atoms with van der Waals surface area (Å²) in [6, 6.07) is 8.02. The molecule has 0 radical (unpaired) electrons. The number of hydrogen-bond donors (Lipinski definition) is 1. The molecular weight excluding hydrogens is 250 g/mol. The normalized spacial score (nSPS) is 11.0. The lowest BCUT2D eigenvalue weighted by Gasteiger charge is -2.09. The second kappa shape index (κ2) is 4.59. The van der Waals surface area contributed by atoms with Crippen LogP contribution in [0.25, 0.3) is 22.6 Å². The predicted octanol–water partition coefficient (Wildman–Crippen LogP) is 2.70. The molecule has 3 aromatic rings. The predicted molar refractivity (Wildman–Crippen MR) is 80.9 cm³/mol. The Labute approximate surface area is 117 Å². The van der Waals surface area contributed by atoms with E-state index in [1.165, 1.54) is 0 Å². The van der Waals surface area contributed by atoms with Crippen LogP contribution >= 0.6 is 0 Å². The SMILES string of the molecule is Cc1ccc(-c2nc3nc(N(C)C)ccc3[nH]2)c(C)n1. The van der Waals surface area contributed by atoms with Crippen LogP contribution in [-0.4, -0.2) is 34.0 Å². The van der Waals surface area contributed by atoms with E-state index in [-0.39, 0.29) is 0 Å². The summed E-state index contributed by atoms with van der Waals surface area (Å²) < 4.78 is 0. The van der Waals surface area contributed by atoms with E-state index in [0.717, 1.165) is 39.8 Å². The molecule has 0 saturated carbocycles. The van der Waals surface area contributed by atoms with Crippen LogP contribution < -0.4 is 4.90 Å². The average Bonchev–Trinajstić information content (AvgIpc) is 2.80. The molecule has 5 heteroatoms. The molecule has 5 nitrogen and oxygen atoms in total. The van der Waals surface area contributed by atoms with Crippen molar-refractivity contribution in [1.82, 2.24) is 19.9 Å². The molecule has 0 aliphatic rings. The van der Waals surface area contributed by atoms with Crippen molar-refractivity contribution in [3.8, 4) is 11.4 Å². The van der Waals surface area contributed by atoms with Crippen LogP contribution in [0.15, 0.2) is 24.3 Å². The van der Waals surface area contributed by atoms with Crippen LogP contribution in [0.2, 0.25) is 0 Å².